The topological polar surface area (TPSA) is 208 Å². The van der Waals surface area contributed by atoms with E-state index in [0.29, 0.717) is 64.0 Å². The Morgan fingerprint density at radius 2 is 1.65 bits per heavy atom. The maximum atomic E-state index is 13.0. The van der Waals surface area contributed by atoms with Crippen LogP contribution in [0.15, 0.2) is 65.6 Å². The fourth-order valence-electron chi connectivity index (χ4n) is 5.02. The summed E-state index contributed by atoms with van der Waals surface area (Å²) < 4.78 is 9.31. The number of methoxy groups -OCH3 is 1. The van der Waals surface area contributed by atoms with E-state index < -0.39 is 22.8 Å². The van der Waals surface area contributed by atoms with Crippen molar-refractivity contribution in [2.45, 2.75) is 57.7 Å². The van der Waals surface area contributed by atoms with Gasteiger partial charge in [-0.1, -0.05) is 18.6 Å². The third-order valence-corrected chi connectivity index (χ3v) is 7.46. The summed E-state index contributed by atoms with van der Waals surface area (Å²) in [6, 6.07) is 13.6. The van der Waals surface area contributed by atoms with Crippen molar-refractivity contribution in [2.75, 3.05) is 32.1 Å². The van der Waals surface area contributed by atoms with Gasteiger partial charge in [-0.25, -0.2) is 4.63 Å². The van der Waals surface area contributed by atoms with Crippen LogP contribution in [0.2, 0.25) is 0 Å². The molecule has 3 heterocycles. The molecule has 0 aliphatic rings. The van der Waals surface area contributed by atoms with Gasteiger partial charge >= 0.3 is 11.7 Å². The molecule has 0 unspecified atom stereocenters. The highest BCUT2D eigenvalue weighted by atomic mass is 16.6. The number of non-ortho nitro benzene ring substituents is 1. The number of nitro groups is 1. The molecule has 0 saturated carbocycles. The number of anilines is 1. The summed E-state index contributed by atoms with van der Waals surface area (Å²) in [7, 11) is 1.24. The van der Waals surface area contributed by atoms with E-state index in [0.717, 1.165) is 11.4 Å². The molecule has 48 heavy (non-hydrogen) atoms. The molecular weight excluding hydrogens is 622 g/mol. The maximum Gasteiger partial charge on any atom is 0.325 e. The van der Waals surface area contributed by atoms with Gasteiger partial charge in [0.2, 0.25) is 17.3 Å². The average Bonchev–Trinajstić information content (AvgIpc) is 3.59. The van der Waals surface area contributed by atoms with E-state index in [9.17, 15) is 24.5 Å². The van der Waals surface area contributed by atoms with Gasteiger partial charge in [0.15, 0.2) is 5.52 Å². The van der Waals surface area contributed by atoms with E-state index in [1.165, 1.54) is 13.2 Å². The number of fused-ring (bicyclic) bond motifs is 1. The molecule has 1 atom stereocenters. The number of pyridine rings is 2. The summed E-state index contributed by atoms with van der Waals surface area (Å²) in [5, 5.41) is 27.1. The monoisotopic (exact) mass is 661 g/mol. The van der Waals surface area contributed by atoms with Gasteiger partial charge in [-0.05, 0) is 72.9 Å². The van der Waals surface area contributed by atoms with Crippen LogP contribution in [-0.4, -0.2) is 80.7 Å². The number of nitrogens with one attached hydrogen (secondary N) is 3. The first-order valence-electron chi connectivity index (χ1n) is 15.6. The summed E-state index contributed by atoms with van der Waals surface area (Å²) in [6.45, 7) is 2.02. The Morgan fingerprint density at radius 1 is 0.938 bits per heavy atom. The van der Waals surface area contributed by atoms with E-state index in [2.05, 4.69) is 50.5 Å². The van der Waals surface area contributed by atoms with E-state index in [1.54, 1.807) is 18.5 Å². The Morgan fingerprint density at radius 3 is 2.29 bits per heavy atom. The molecule has 0 spiro atoms. The average molecular weight is 662 g/mol. The molecule has 16 heteroatoms. The largest absolute Gasteiger partial charge is 0.468 e. The highest BCUT2D eigenvalue weighted by Gasteiger charge is 2.22. The predicted molar refractivity (Wildman–Crippen MR) is 174 cm³/mol. The molecule has 0 radical (unpaired) electrons. The smallest absolute Gasteiger partial charge is 0.325 e. The molecule has 254 valence electrons. The first kappa shape index (κ1) is 35.3. The second kappa shape index (κ2) is 18.6. The number of esters is 1. The van der Waals surface area contributed by atoms with Gasteiger partial charge in [0.05, 0.1) is 29.1 Å². The molecule has 16 nitrogen and oxygen atoms in total. The van der Waals surface area contributed by atoms with Crippen LogP contribution < -0.4 is 16.0 Å². The van der Waals surface area contributed by atoms with Gasteiger partial charge in [0, 0.05) is 44.5 Å². The molecule has 0 fully saturated rings. The van der Waals surface area contributed by atoms with Crippen LogP contribution >= 0.6 is 0 Å². The van der Waals surface area contributed by atoms with Crippen LogP contribution in [0.3, 0.4) is 0 Å². The summed E-state index contributed by atoms with van der Waals surface area (Å²) in [4.78, 5) is 59.2. The number of hydrogen-bond acceptors (Lipinski definition) is 13. The van der Waals surface area contributed by atoms with Crippen molar-refractivity contribution in [3.05, 3.63) is 82.4 Å². The van der Waals surface area contributed by atoms with Crippen molar-refractivity contribution in [1.29, 1.82) is 0 Å². The molecule has 4 aromatic rings. The zero-order chi connectivity index (χ0) is 34.1. The molecule has 0 aliphatic carbocycles. The van der Waals surface area contributed by atoms with Crippen molar-refractivity contribution >= 4 is 40.2 Å². The molecular formula is C32H39N9O7. The second-order valence-corrected chi connectivity index (χ2v) is 11.0. The van der Waals surface area contributed by atoms with Crippen LogP contribution in [0, 0.1) is 10.1 Å². The van der Waals surface area contributed by atoms with E-state index in [1.807, 2.05) is 36.4 Å². The minimum Gasteiger partial charge on any atom is -0.468 e. The maximum absolute atomic E-state index is 13.0. The Labute approximate surface area is 276 Å². The van der Waals surface area contributed by atoms with Gasteiger partial charge < -0.3 is 20.7 Å². The Balaban J connectivity index is 1.26. The minimum atomic E-state index is -0.837. The predicted octanol–water partition coefficient (Wildman–Crippen LogP) is 3.15. The van der Waals surface area contributed by atoms with Crippen LogP contribution in [0.25, 0.3) is 11.0 Å². The van der Waals surface area contributed by atoms with E-state index in [-0.39, 0.29) is 35.6 Å². The van der Waals surface area contributed by atoms with Crippen LogP contribution in [-0.2, 0) is 32.2 Å². The molecule has 1 aromatic carbocycles. The Kier molecular flexibility index (Phi) is 13.7. The standard InChI is InChI=1S/C32H39N9O7/c1-47-29(43)20-36-32(44)26(12-9-19-40(21-23-10-4-7-16-33-23)22-24-11-5-8-17-34-24)37-28(42)13-3-2-6-18-35-25-14-15-27(41(45)46)31-30(25)38-48-39-31/h4-5,7-8,10-11,14-17,26,35H,2-3,6,9,12-13,18-22H2,1H3,(H,36,44)(H,37,42)/t26-/m0/s1. The number of aromatic nitrogens is 4. The fourth-order valence-corrected chi connectivity index (χ4v) is 5.02. The second-order valence-electron chi connectivity index (χ2n) is 11.0. The lowest BCUT2D eigenvalue weighted by atomic mass is 10.1. The zero-order valence-corrected chi connectivity index (χ0v) is 26.7. The van der Waals surface area contributed by atoms with Crippen LogP contribution in [0.1, 0.15) is 49.9 Å². The number of unbranched alkanes of at least 4 members (excludes halogenated alkanes) is 2. The number of hydrogen-bond donors (Lipinski definition) is 3. The van der Waals surface area contributed by atoms with E-state index in [4.69, 9.17) is 0 Å². The van der Waals surface area contributed by atoms with Crippen molar-refractivity contribution in [3.8, 4) is 0 Å². The van der Waals surface area contributed by atoms with Crippen molar-refractivity contribution in [1.82, 2.24) is 35.8 Å². The third kappa shape index (κ3) is 11.1. The third-order valence-electron chi connectivity index (χ3n) is 7.46. The lowest BCUT2D eigenvalue weighted by Gasteiger charge is -2.23. The molecule has 4 rings (SSSR count). The van der Waals surface area contributed by atoms with Gasteiger partial charge in [-0.2, -0.15) is 0 Å². The lowest BCUT2D eigenvalue weighted by molar-refractivity contribution is -0.383. The van der Waals surface area contributed by atoms with Crippen molar-refractivity contribution < 1.29 is 28.7 Å². The molecule has 3 N–H and O–H groups in total. The van der Waals surface area contributed by atoms with Gasteiger partial charge in [-0.15, -0.1) is 0 Å². The van der Waals surface area contributed by atoms with E-state index >= 15 is 0 Å². The number of nitrogens with zero attached hydrogens (tertiary/aromatic N) is 6. The Bertz CT molecular complexity index is 1600. The zero-order valence-electron chi connectivity index (χ0n) is 26.7. The first-order valence-corrected chi connectivity index (χ1v) is 15.6. The molecule has 3 aromatic heterocycles. The number of carbonyl (C=O) groups is 3. The number of ether oxygens (including phenoxy) is 1. The highest BCUT2D eigenvalue weighted by Crippen LogP contribution is 2.28. The lowest BCUT2D eigenvalue weighted by Crippen LogP contribution is -2.48. The van der Waals surface area contributed by atoms with Crippen molar-refractivity contribution in [3.63, 3.8) is 0 Å². The quantitative estimate of drug-likeness (QED) is 0.0539. The highest BCUT2D eigenvalue weighted by molar-refractivity contribution is 5.93. The van der Waals surface area contributed by atoms with Gasteiger partial charge in [-0.3, -0.25) is 39.4 Å². The summed E-state index contributed by atoms with van der Waals surface area (Å²) in [5.41, 5.74) is 2.53. The summed E-state index contributed by atoms with van der Waals surface area (Å²) >= 11 is 0. The summed E-state index contributed by atoms with van der Waals surface area (Å²) in [5.74, 6) is -1.32. The van der Waals surface area contributed by atoms with Gasteiger partial charge in [0.1, 0.15) is 12.6 Å². The SMILES string of the molecule is COC(=O)CNC(=O)[C@H](CCCN(Cc1ccccn1)Cc1ccccn1)NC(=O)CCCCCNc1ccc([N+](=O)[O-])c2nonc12. The number of rotatable bonds is 20. The normalized spacial score (nSPS) is 11.6. The van der Waals surface area contributed by atoms with Crippen molar-refractivity contribution in [2.24, 2.45) is 0 Å². The number of carbonyl (C=O) groups excluding carboxylic acids is 3. The Hall–Kier alpha value is -5.51. The van der Waals surface area contributed by atoms with Gasteiger partial charge in [0.25, 0.3) is 0 Å². The van der Waals surface area contributed by atoms with Crippen LogP contribution in [0.5, 0.6) is 0 Å². The summed E-state index contributed by atoms with van der Waals surface area (Å²) in [6.07, 6.45) is 6.63. The molecule has 0 saturated heterocycles. The fraction of sp³-hybridized carbons (Fsp3) is 0.406. The number of amides is 2. The molecule has 0 bridgehead atoms. The molecule has 0 aliphatic heterocycles. The van der Waals surface area contributed by atoms with Crippen LogP contribution in [0.4, 0.5) is 11.4 Å². The minimum absolute atomic E-state index is 0.0703. The number of nitro benzene ring substituents is 1. The number of benzene rings is 1. The molecule has 2 amide bonds. The first-order chi connectivity index (χ1) is 23.3.